The predicted octanol–water partition coefficient (Wildman–Crippen LogP) is 2.83. The first-order valence-electron chi connectivity index (χ1n) is 11.3. The summed E-state index contributed by atoms with van der Waals surface area (Å²) in [6.45, 7) is 2.81. The molecule has 8 heteroatoms. The Morgan fingerprint density at radius 2 is 1.35 bits per heavy atom. The molecule has 0 atom stereocenters. The summed E-state index contributed by atoms with van der Waals surface area (Å²) in [7, 11) is 1.47. The highest BCUT2D eigenvalue weighted by Gasteiger charge is 2.01. The largest absolute Gasteiger partial charge is 0.508 e. The number of nitrogens with one attached hydrogen (secondary N) is 3. The molecule has 0 heterocycles. The molecule has 0 aliphatic rings. The number of phenolic OH excluding ortho intramolecular Hbond substituents is 2. The van der Waals surface area contributed by atoms with Crippen LogP contribution in [0.5, 0.6) is 17.2 Å². The van der Waals surface area contributed by atoms with Crippen molar-refractivity contribution >= 4 is 24.0 Å². The first-order chi connectivity index (χ1) is 16.5. The van der Waals surface area contributed by atoms with E-state index in [1.54, 1.807) is 48.6 Å². The Hall–Kier alpha value is -3.78. The SMILES string of the molecule is COc1cc(C=CC(=O)NCCCNCCCCNC(=O)C=Cc2ccc(O)cc2)ccc1O. The van der Waals surface area contributed by atoms with Crippen molar-refractivity contribution in [1.82, 2.24) is 16.0 Å². The van der Waals surface area contributed by atoms with Crippen molar-refractivity contribution in [1.29, 1.82) is 0 Å². The van der Waals surface area contributed by atoms with Gasteiger partial charge < -0.3 is 30.9 Å². The Balaban J connectivity index is 1.46. The summed E-state index contributed by atoms with van der Waals surface area (Å²) in [4.78, 5) is 23.7. The van der Waals surface area contributed by atoms with Crippen LogP contribution in [-0.2, 0) is 9.59 Å². The van der Waals surface area contributed by atoms with Crippen LogP contribution in [0.2, 0.25) is 0 Å². The number of amides is 2. The van der Waals surface area contributed by atoms with Crippen molar-refractivity contribution in [3.63, 3.8) is 0 Å². The number of rotatable bonds is 14. The number of hydrogen-bond donors (Lipinski definition) is 5. The molecular formula is C26H33N3O5. The number of unbranched alkanes of at least 4 members (excludes halogenated alkanes) is 1. The van der Waals surface area contributed by atoms with Crippen molar-refractivity contribution < 1.29 is 24.5 Å². The third-order valence-corrected chi connectivity index (χ3v) is 4.86. The number of methoxy groups -OCH3 is 1. The van der Waals surface area contributed by atoms with Gasteiger partial charge in [-0.1, -0.05) is 18.2 Å². The normalized spacial score (nSPS) is 11.1. The highest BCUT2D eigenvalue weighted by Crippen LogP contribution is 2.26. The second kappa shape index (κ2) is 15.1. The van der Waals surface area contributed by atoms with Gasteiger partial charge in [-0.2, -0.15) is 0 Å². The molecule has 0 radical (unpaired) electrons. The molecule has 0 bridgehead atoms. The number of hydrogen-bond acceptors (Lipinski definition) is 6. The lowest BCUT2D eigenvalue weighted by molar-refractivity contribution is -0.117. The van der Waals surface area contributed by atoms with E-state index in [1.165, 1.54) is 25.3 Å². The molecule has 0 aromatic heterocycles. The van der Waals surface area contributed by atoms with E-state index >= 15 is 0 Å². The summed E-state index contributed by atoms with van der Waals surface area (Å²) in [5.74, 6) is 0.289. The molecule has 5 N–H and O–H groups in total. The van der Waals surface area contributed by atoms with E-state index in [-0.39, 0.29) is 23.3 Å². The highest BCUT2D eigenvalue weighted by molar-refractivity contribution is 5.92. The van der Waals surface area contributed by atoms with E-state index in [2.05, 4.69) is 16.0 Å². The van der Waals surface area contributed by atoms with Gasteiger partial charge >= 0.3 is 0 Å². The van der Waals surface area contributed by atoms with Crippen LogP contribution in [0.25, 0.3) is 12.2 Å². The number of aromatic hydroxyl groups is 2. The van der Waals surface area contributed by atoms with Gasteiger partial charge in [-0.25, -0.2) is 0 Å². The molecule has 2 aromatic carbocycles. The second-order valence-electron chi connectivity index (χ2n) is 7.58. The van der Waals surface area contributed by atoms with E-state index in [1.807, 2.05) is 0 Å². The Kier molecular flexibility index (Phi) is 11.8. The van der Waals surface area contributed by atoms with Gasteiger partial charge in [-0.3, -0.25) is 9.59 Å². The smallest absolute Gasteiger partial charge is 0.243 e. The summed E-state index contributed by atoms with van der Waals surface area (Å²) in [6.07, 6.45) is 8.92. The Morgan fingerprint density at radius 1 is 0.794 bits per heavy atom. The Bertz CT molecular complexity index is 971. The van der Waals surface area contributed by atoms with Crippen LogP contribution in [0.15, 0.2) is 54.6 Å². The molecule has 34 heavy (non-hydrogen) atoms. The quantitative estimate of drug-likeness (QED) is 0.215. The van der Waals surface area contributed by atoms with E-state index in [9.17, 15) is 19.8 Å². The second-order valence-corrected chi connectivity index (χ2v) is 7.58. The lowest BCUT2D eigenvalue weighted by Crippen LogP contribution is -2.27. The van der Waals surface area contributed by atoms with Crippen LogP contribution in [0.3, 0.4) is 0 Å². The number of carbonyl (C=O) groups excluding carboxylic acids is 2. The molecule has 0 aliphatic carbocycles. The van der Waals surface area contributed by atoms with Gasteiger partial charge in [0.2, 0.25) is 11.8 Å². The average Bonchev–Trinajstić information content (AvgIpc) is 2.84. The highest BCUT2D eigenvalue weighted by atomic mass is 16.5. The molecule has 2 rings (SSSR count). The predicted molar refractivity (Wildman–Crippen MR) is 134 cm³/mol. The number of carbonyl (C=O) groups is 2. The van der Waals surface area contributed by atoms with Crippen molar-refractivity contribution in [3.05, 3.63) is 65.7 Å². The fourth-order valence-electron chi connectivity index (χ4n) is 2.98. The summed E-state index contributed by atoms with van der Waals surface area (Å²) in [5, 5.41) is 27.8. The maximum atomic E-state index is 11.9. The lowest BCUT2D eigenvalue weighted by atomic mass is 10.2. The van der Waals surface area contributed by atoms with Crippen LogP contribution < -0.4 is 20.7 Å². The first kappa shape index (κ1) is 26.5. The van der Waals surface area contributed by atoms with Crippen LogP contribution in [0, 0.1) is 0 Å². The standard InChI is InChI=1S/C26H33N3O5/c1-34-24-19-21(7-12-23(24)31)9-14-26(33)29-18-4-16-27-15-2-3-17-28-25(32)13-8-20-5-10-22(30)11-6-20/h5-14,19,27,30-31H,2-4,15-18H2,1H3,(H,28,32)(H,29,33). The van der Waals surface area contributed by atoms with E-state index < -0.39 is 0 Å². The zero-order valence-electron chi connectivity index (χ0n) is 19.4. The molecule has 2 amide bonds. The average molecular weight is 468 g/mol. The molecule has 0 fully saturated rings. The maximum Gasteiger partial charge on any atom is 0.243 e. The third kappa shape index (κ3) is 10.7. The third-order valence-electron chi connectivity index (χ3n) is 4.86. The van der Waals surface area contributed by atoms with E-state index in [0.717, 1.165) is 43.5 Å². The molecular weight excluding hydrogens is 434 g/mol. The van der Waals surface area contributed by atoms with Crippen LogP contribution in [-0.4, -0.2) is 55.3 Å². The van der Waals surface area contributed by atoms with Gasteiger partial charge in [0, 0.05) is 25.2 Å². The first-order valence-corrected chi connectivity index (χ1v) is 11.3. The van der Waals surface area contributed by atoms with Crippen LogP contribution in [0.4, 0.5) is 0 Å². The van der Waals surface area contributed by atoms with Gasteiger partial charge in [0.15, 0.2) is 11.5 Å². The van der Waals surface area contributed by atoms with Gasteiger partial charge in [0.05, 0.1) is 7.11 Å². The summed E-state index contributed by atoms with van der Waals surface area (Å²) in [5.41, 5.74) is 1.61. The number of ether oxygens (including phenoxy) is 1. The fraction of sp³-hybridized carbons (Fsp3) is 0.308. The van der Waals surface area contributed by atoms with Crippen molar-refractivity contribution in [2.75, 3.05) is 33.3 Å². The maximum absolute atomic E-state index is 11.9. The Morgan fingerprint density at radius 3 is 2.03 bits per heavy atom. The van der Waals surface area contributed by atoms with Crippen molar-refractivity contribution in [2.45, 2.75) is 19.3 Å². The lowest BCUT2D eigenvalue weighted by Gasteiger charge is -2.06. The minimum absolute atomic E-state index is 0.0560. The van der Waals surface area contributed by atoms with E-state index in [4.69, 9.17) is 4.74 Å². The minimum atomic E-state index is -0.178. The number of benzene rings is 2. The van der Waals surface area contributed by atoms with Gasteiger partial charge in [0.25, 0.3) is 0 Å². The zero-order chi connectivity index (χ0) is 24.6. The van der Waals surface area contributed by atoms with Crippen molar-refractivity contribution in [2.24, 2.45) is 0 Å². The fourth-order valence-corrected chi connectivity index (χ4v) is 2.98. The summed E-state index contributed by atoms with van der Waals surface area (Å²) < 4.78 is 5.05. The zero-order valence-corrected chi connectivity index (χ0v) is 19.4. The van der Waals surface area contributed by atoms with E-state index in [0.29, 0.717) is 18.8 Å². The molecule has 0 unspecified atom stereocenters. The van der Waals surface area contributed by atoms with Gasteiger partial charge in [-0.15, -0.1) is 0 Å². The molecule has 0 saturated heterocycles. The molecule has 8 nitrogen and oxygen atoms in total. The molecule has 2 aromatic rings. The van der Waals surface area contributed by atoms with Gasteiger partial charge in [-0.05, 0) is 79.9 Å². The topological polar surface area (TPSA) is 120 Å². The monoisotopic (exact) mass is 467 g/mol. The van der Waals surface area contributed by atoms with Crippen molar-refractivity contribution in [3.8, 4) is 17.2 Å². The summed E-state index contributed by atoms with van der Waals surface area (Å²) in [6, 6.07) is 11.5. The van der Waals surface area contributed by atoms with Crippen LogP contribution in [0.1, 0.15) is 30.4 Å². The molecule has 182 valence electrons. The summed E-state index contributed by atoms with van der Waals surface area (Å²) >= 11 is 0. The molecule has 0 saturated carbocycles. The molecule has 0 aliphatic heterocycles. The molecule has 0 spiro atoms. The van der Waals surface area contributed by atoms with Gasteiger partial charge in [0.1, 0.15) is 5.75 Å². The van der Waals surface area contributed by atoms with Crippen LogP contribution >= 0.6 is 0 Å². The number of phenols is 2. The Labute approximate surface area is 200 Å². The minimum Gasteiger partial charge on any atom is -0.508 e.